The largest absolute Gasteiger partial charge is 3.00 e. The molecule has 110 heavy (non-hydrogen) atoms. The van der Waals surface area contributed by atoms with Crippen LogP contribution in [0.2, 0.25) is 0 Å². The molecule has 0 saturated heterocycles. The number of alkyl halides is 3. The van der Waals surface area contributed by atoms with E-state index in [1.807, 2.05) is 201 Å². The predicted octanol–water partition coefficient (Wildman–Crippen LogP) is 22.0. The molecule has 13 nitrogen and oxygen atoms in total. The Hall–Kier alpha value is -10.8. The molecule has 0 aliphatic carbocycles. The van der Waals surface area contributed by atoms with Crippen LogP contribution in [0.1, 0.15) is 72.9 Å². The Balaban J connectivity index is 0.000000203. The summed E-state index contributed by atoms with van der Waals surface area (Å²) in [5.41, 5.74) is 17.4. The molecule has 16 aromatic rings. The van der Waals surface area contributed by atoms with Crippen LogP contribution in [0.5, 0.6) is 0 Å². The summed E-state index contributed by atoms with van der Waals surface area (Å²) < 4.78 is 71.1. The first-order valence-corrected chi connectivity index (χ1v) is 35.7. The van der Waals surface area contributed by atoms with E-state index < -0.39 is 15.6 Å². The zero-order valence-electron chi connectivity index (χ0n) is 62.1. The second kappa shape index (κ2) is 44.0. The van der Waals surface area contributed by atoms with Crippen LogP contribution >= 0.6 is 0 Å². The van der Waals surface area contributed by atoms with Crippen LogP contribution in [0.25, 0.3) is 111 Å². The van der Waals surface area contributed by atoms with Gasteiger partial charge in [-0.15, -0.1) is 162 Å². The fourth-order valence-corrected chi connectivity index (χ4v) is 10.7. The van der Waals surface area contributed by atoms with Crippen molar-refractivity contribution in [1.29, 1.82) is 0 Å². The second-order valence-corrected chi connectivity index (χ2v) is 26.0. The first-order chi connectivity index (χ1) is 52.2. The summed E-state index contributed by atoms with van der Waals surface area (Å²) in [6, 6.07) is 98.5. The molecule has 0 fully saturated rings. The Kier molecular flexibility index (Phi) is 35.2. The van der Waals surface area contributed by atoms with Crippen molar-refractivity contribution in [3.8, 4) is 67.5 Å². The number of para-hydroxylation sites is 3. The SMILES string of the molecule is CC(C)c1ccnc(-c2[c-]ccc3c2oc2ccccc23)c1.CC(C)c1ccnc(-c2cccc3c2oc2ccccc23)c1.CO.CO.Cc1ccnc(-c2[c-]cccc2)c1.Cc1ccnc(-c2[c-]cccc2)c1.Cc1ccnc(-c2[c-]cccc2)c1.Cc1ccnc(-c2[c-]cccc2)c1.O=S(=O)([O-])C(F)(F)F.[Ir+3].[Ir+3]. The molecule has 0 aliphatic heterocycles. The van der Waals surface area contributed by atoms with Crippen LogP contribution in [0, 0.1) is 58.0 Å². The van der Waals surface area contributed by atoms with Gasteiger partial charge in [-0.25, -0.2) is 8.42 Å². The van der Waals surface area contributed by atoms with Crippen molar-refractivity contribution in [3.63, 3.8) is 0 Å². The third-order valence-electron chi connectivity index (χ3n) is 16.1. The van der Waals surface area contributed by atoms with Gasteiger partial charge >= 0.3 is 45.7 Å². The van der Waals surface area contributed by atoms with E-state index in [0.717, 1.165) is 126 Å². The first-order valence-electron chi connectivity index (χ1n) is 34.3. The van der Waals surface area contributed by atoms with E-state index in [-0.39, 0.29) is 40.2 Å². The minimum Gasteiger partial charge on any atom is -0.741 e. The molecule has 8 heterocycles. The van der Waals surface area contributed by atoms with Crippen LogP contribution < -0.4 is 0 Å². The van der Waals surface area contributed by atoms with Gasteiger partial charge in [0.15, 0.2) is 10.1 Å². The molecule has 0 spiro atoms. The summed E-state index contributed by atoms with van der Waals surface area (Å²) in [4.78, 5) is 26.2. The standard InChI is InChI=1S/C20H17NO.C20H16NO.4C12H10N.CHF3O3S.2CH4O.2Ir/c2*1-13(2)14-10-11-21-18(12-14)17-8-5-7-16-15-6-3-4-9-19(15)22-20(16)17;4*1-10-7-8-13-12(9-10)11-5-3-2-4-6-11;2-1(3,4)8(5,6)7;2*1-2;;/h3-13H,1-2H3;3-7,9-13H,1-2H3;4*2-5,7-9H,1H3;(H,5,6,7);2*2H,1H3;;/q;5*-1;;;;2*+3/p-1. The summed E-state index contributed by atoms with van der Waals surface area (Å²) in [6.07, 6.45) is 11.0. The van der Waals surface area contributed by atoms with Gasteiger partial charge in [0.2, 0.25) is 0 Å². The van der Waals surface area contributed by atoms with Crippen LogP contribution in [0.4, 0.5) is 13.2 Å². The molecule has 8 aromatic heterocycles. The number of halogens is 3. The fraction of sp³-hybridized carbons (Fsp3) is 0.143. The molecular weight excluding hydrogens is 1760 g/mol. The van der Waals surface area contributed by atoms with Gasteiger partial charge in [0, 0.05) is 73.1 Å². The molecule has 0 aliphatic rings. The number of benzene rings is 8. The minimum absolute atomic E-state index is 0. The average Bonchev–Trinajstić information content (AvgIpc) is 1.62. The summed E-state index contributed by atoms with van der Waals surface area (Å²) in [6.45, 7) is 17.0. The number of furan rings is 2. The maximum atomic E-state index is 10.7. The second-order valence-electron chi connectivity index (χ2n) is 24.6. The molecule has 19 heteroatoms. The Labute approximate surface area is 668 Å². The molecular formula is C91H81F3Ir2N6O7S. The van der Waals surface area contributed by atoms with E-state index in [2.05, 4.69) is 201 Å². The van der Waals surface area contributed by atoms with Crippen molar-refractivity contribution in [2.24, 2.45) is 0 Å². The number of pyridine rings is 6. The summed E-state index contributed by atoms with van der Waals surface area (Å²) in [5.74, 6) is 0.952. The molecule has 562 valence electrons. The molecule has 0 bridgehead atoms. The zero-order valence-corrected chi connectivity index (χ0v) is 67.7. The number of hydrogen-bond acceptors (Lipinski definition) is 13. The van der Waals surface area contributed by atoms with Crippen LogP contribution in [-0.4, -0.2) is 72.8 Å². The predicted molar refractivity (Wildman–Crippen MR) is 426 cm³/mol. The van der Waals surface area contributed by atoms with E-state index in [1.165, 1.54) is 33.4 Å². The van der Waals surface area contributed by atoms with Crippen LogP contribution in [-0.2, 0) is 50.3 Å². The van der Waals surface area contributed by atoms with Gasteiger partial charge in [0.1, 0.15) is 16.7 Å². The van der Waals surface area contributed by atoms with E-state index in [0.29, 0.717) is 11.8 Å². The quantitative estimate of drug-likeness (QED) is 0.0827. The Morgan fingerprint density at radius 2 is 0.673 bits per heavy atom. The number of hydrogen-bond donors (Lipinski definition) is 2. The number of aryl methyl sites for hydroxylation is 4. The molecule has 0 amide bonds. The van der Waals surface area contributed by atoms with Gasteiger partial charge in [-0.05, 0) is 134 Å². The van der Waals surface area contributed by atoms with Crippen LogP contribution in [0.3, 0.4) is 0 Å². The summed E-state index contributed by atoms with van der Waals surface area (Å²) in [7, 11) is -4.09. The van der Waals surface area contributed by atoms with Crippen molar-refractivity contribution in [3.05, 3.63) is 350 Å². The minimum atomic E-state index is -6.09. The molecule has 0 saturated carbocycles. The monoisotopic (exact) mass is 1840 g/mol. The van der Waals surface area contributed by atoms with E-state index >= 15 is 0 Å². The first kappa shape index (κ1) is 88.1. The number of nitrogens with zero attached hydrogens (tertiary/aromatic N) is 6. The summed E-state index contributed by atoms with van der Waals surface area (Å²) in [5, 5.41) is 18.5. The number of rotatable bonds is 8. The van der Waals surface area contributed by atoms with Gasteiger partial charge in [-0.1, -0.05) is 145 Å². The van der Waals surface area contributed by atoms with Crippen molar-refractivity contribution in [1.82, 2.24) is 29.9 Å². The van der Waals surface area contributed by atoms with Gasteiger partial charge in [-0.3, -0.25) is 4.98 Å². The number of aromatic nitrogens is 6. The maximum Gasteiger partial charge on any atom is 3.00 e. The number of fused-ring (bicyclic) bond motifs is 6. The maximum absolute atomic E-state index is 10.7. The normalized spacial score (nSPS) is 10.5. The number of aliphatic hydroxyl groups excluding tert-OH is 2. The summed E-state index contributed by atoms with van der Waals surface area (Å²) >= 11 is 0. The Morgan fingerprint density at radius 3 is 1.02 bits per heavy atom. The van der Waals surface area contributed by atoms with E-state index in [4.69, 9.17) is 32.0 Å². The van der Waals surface area contributed by atoms with Gasteiger partial charge < -0.3 is 48.5 Å². The van der Waals surface area contributed by atoms with Crippen molar-refractivity contribution < 1.29 is 85.4 Å². The zero-order chi connectivity index (χ0) is 77.6. The number of aliphatic hydroxyl groups is 2. The van der Waals surface area contributed by atoms with Crippen molar-refractivity contribution in [2.75, 3.05) is 14.2 Å². The van der Waals surface area contributed by atoms with Gasteiger partial charge in [0.25, 0.3) is 0 Å². The topological polar surface area (TPSA) is 201 Å². The van der Waals surface area contributed by atoms with Gasteiger partial charge in [-0.2, -0.15) is 13.2 Å². The molecule has 8 aromatic carbocycles. The molecule has 16 rings (SSSR count). The van der Waals surface area contributed by atoms with Crippen LogP contribution in [0.15, 0.2) is 295 Å². The third kappa shape index (κ3) is 25.4. The average molecular weight is 1840 g/mol. The van der Waals surface area contributed by atoms with Gasteiger partial charge in [0.05, 0.1) is 11.3 Å². The third-order valence-corrected chi connectivity index (χ3v) is 16.6. The van der Waals surface area contributed by atoms with E-state index in [9.17, 15) is 13.2 Å². The molecule has 0 unspecified atom stereocenters. The smallest absolute Gasteiger partial charge is 0.741 e. The molecule has 2 N–H and O–H groups in total. The molecule has 0 radical (unpaired) electrons. The fourth-order valence-electron chi connectivity index (χ4n) is 10.7. The molecule has 0 atom stereocenters. The van der Waals surface area contributed by atoms with E-state index in [1.54, 1.807) is 0 Å². The Bertz CT molecular complexity index is 5080. The van der Waals surface area contributed by atoms with Crippen molar-refractivity contribution >= 4 is 54.0 Å². The Morgan fingerprint density at radius 1 is 0.364 bits per heavy atom. The van der Waals surface area contributed by atoms with Crippen molar-refractivity contribution in [2.45, 2.75) is 72.7 Å².